The van der Waals surface area contributed by atoms with E-state index in [1.54, 1.807) is 0 Å². The molecule has 2 aromatic heterocycles. The standard InChI is InChI=1S/C14H17N.C13H15N/c1-10-5-6-12-11(7-10)8-15-9-13(12)14(2,3)4;1-13(2,3)12-9-14-8-10-6-4-5-7-11(10)12/h5-9H,1-4H3;4-9H,1-3H3. The number of aryl methyl sites for hydroxylation is 1. The molecule has 150 valence electrons. The predicted octanol–water partition coefficient (Wildman–Crippen LogP) is 7.37. The Morgan fingerprint density at radius 2 is 1.10 bits per heavy atom. The van der Waals surface area contributed by atoms with Crippen LogP contribution in [0, 0.1) is 6.92 Å². The average molecular weight is 385 g/mol. The second-order valence-corrected chi connectivity index (χ2v) is 9.82. The molecule has 0 unspecified atom stereocenters. The molecule has 4 rings (SSSR count). The monoisotopic (exact) mass is 384 g/mol. The molecule has 0 saturated heterocycles. The van der Waals surface area contributed by atoms with Gasteiger partial charge in [0.1, 0.15) is 0 Å². The van der Waals surface area contributed by atoms with Gasteiger partial charge in [0.05, 0.1) is 0 Å². The van der Waals surface area contributed by atoms with E-state index in [9.17, 15) is 0 Å². The highest BCUT2D eigenvalue weighted by Gasteiger charge is 2.17. The first kappa shape index (κ1) is 21.0. The molecule has 0 aliphatic carbocycles. The Hall–Kier alpha value is -2.74. The quantitative estimate of drug-likeness (QED) is 0.316. The van der Waals surface area contributed by atoms with Crippen LogP contribution in [0.4, 0.5) is 0 Å². The summed E-state index contributed by atoms with van der Waals surface area (Å²) in [7, 11) is 0. The summed E-state index contributed by atoms with van der Waals surface area (Å²) in [4.78, 5) is 8.60. The molecule has 2 heteroatoms. The van der Waals surface area contributed by atoms with Crippen molar-refractivity contribution in [3.63, 3.8) is 0 Å². The normalized spacial score (nSPS) is 12.0. The molecular formula is C27H32N2. The zero-order chi connectivity index (χ0) is 21.2. The minimum absolute atomic E-state index is 0.155. The number of benzene rings is 2. The molecule has 0 fully saturated rings. The highest BCUT2D eigenvalue weighted by Crippen LogP contribution is 2.30. The van der Waals surface area contributed by atoms with Gasteiger partial charge in [-0.25, -0.2) is 0 Å². The minimum atomic E-state index is 0.155. The van der Waals surface area contributed by atoms with Crippen LogP contribution in [0.3, 0.4) is 0 Å². The van der Waals surface area contributed by atoms with Gasteiger partial charge in [0.2, 0.25) is 0 Å². The van der Waals surface area contributed by atoms with Crippen LogP contribution in [-0.4, -0.2) is 9.97 Å². The molecule has 2 nitrogen and oxygen atoms in total. The first-order valence-corrected chi connectivity index (χ1v) is 10.3. The van der Waals surface area contributed by atoms with Gasteiger partial charge in [-0.1, -0.05) is 83.5 Å². The largest absolute Gasteiger partial charge is 0.264 e. The molecule has 0 bridgehead atoms. The fourth-order valence-electron chi connectivity index (χ4n) is 3.61. The molecule has 0 aliphatic rings. The van der Waals surface area contributed by atoms with E-state index in [-0.39, 0.29) is 10.8 Å². The van der Waals surface area contributed by atoms with Crippen LogP contribution in [0.15, 0.2) is 67.3 Å². The summed E-state index contributed by atoms with van der Waals surface area (Å²) in [5.74, 6) is 0. The smallest absolute Gasteiger partial charge is 0.0346 e. The van der Waals surface area contributed by atoms with Crippen molar-refractivity contribution in [1.29, 1.82) is 0 Å². The van der Waals surface area contributed by atoms with Crippen molar-refractivity contribution in [3.8, 4) is 0 Å². The van der Waals surface area contributed by atoms with Crippen molar-refractivity contribution in [3.05, 3.63) is 83.9 Å². The number of rotatable bonds is 0. The molecule has 0 saturated carbocycles. The van der Waals surface area contributed by atoms with Crippen LogP contribution >= 0.6 is 0 Å². The maximum absolute atomic E-state index is 4.32. The summed E-state index contributed by atoms with van der Waals surface area (Å²) >= 11 is 0. The van der Waals surface area contributed by atoms with Crippen molar-refractivity contribution in [2.45, 2.75) is 59.3 Å². The van der Waals surface area contributed by atoms with Crippen LogP contribution in [0.25, 0.3) is 21.5 Å². The van der Waals surface area contributed by atoms with Crippen molar-refractivity contribution in [2.75, 3.05) is 0 Å². The van der Waals surface area contributed by atoms with Gasteiger partial charge in [0.25, 0.3) is 0 Å². The van der Waals surface area contributed by atoms with E-state index >= 15 is 0 Å². The van der Waals surface area contributed by atoms with Crippen molar-refractivity contribution in [1.82, 2.24) is 9.97 Å². The lowest BCUT2D eigenvalue weighted by molar-refractivity contribution is 0.593. The Morgan fingerprint density at radius 3 is 1.69 bits per heavy atom. The molecule has 0 amide bonds. The van der Waals surface area contributed by atoms with Gasteiger partial charge in [-0.05, 0) is 45.7 Å². The average Bonchev–Trinajstić information content (AvgIpc) is 2.66. The number of pyridine rings is 2. The number of aromatic nitrogens is 2. The lowest BCUT2D eigenvalue weighted by Gasteiger charge is -2.20. The molecule has 0 atom stereocenters. The van der Waals surface area contributed by atoms with Gasteiger partial charge in [0, 0.05) is 35.6 Å². The van der Waals surface area contributed by atoms with E-state index in [1.165, 1.54) is 38.2 Å². The maximum atomic E-state index is 4.32. The summed E-state index contributed by atoms with van der Waals surface area (Å²) in [6, 6.07) is 15.0. The highest BCUT2D eigenvalue weighted by atomic mass is 14.6. The SMILES string of the molecule is CC(C)(C)c1cncc2ccccc12.Cc1ccc2c(C(C)(C)C)cncc2c1. The maximum Gasteiger partial charge on any atom is 0.0346 e. The number of fused-ring (bicyclic) bond motifs is 2. The molecule has 4 aromatic rings. The zero-order valence-corrected chi connectivity index (χ0v) is 18.7. The molecule has 0 N–H and O–H groups in total. The van der Waals surface area contributed by atoms with Gasteiger partial charge in [-0.2, -0.15) is 0 Å². The van der Waals surface area contributed by atoms with Crippen LogP contribution in [-0.2, 0) is 10.8 Å². The second-order valence-electron chi connectivity index (χ2n) is 9.82. The van der Waals surface area contributed by atoms with E-state index in [4.69, 9.17) is 0 Å². The Kier molecular flexibility index (Phi) is 5.75. The van der Waals surface area contributed by atoms with E-state index < -0.39 is 0 Å². The van der Waals surface area contributed by atoms with Crippen molar-refractivity contribution in [2.24, 2.45) is 0 Å². The van der Waals surface area contributed by atoms with E-state index in [2.05, 4.69) is 101 Å². The molecule has 0 radical (unpaired) electrons. The van der Waals surface area contributed by atoms with E-state index in [0.717, 1.165) is 0 Å². The fraction of sp³-hybridized carbons (Fsp3) is 0.333. The third kappa shape index (κ3) is 4.82. The second kappa shape index (κ2) is 7.94. The Morgan fingerprint density at radius 1 is 0.586 bits per heavy atom. The van der Waals surface area contributed by atoms with Gasteiger partial charge >= 0.3 is 0 Å². The van der Waals surface area contributed by atoms with Gasteiger partial charge in [0.15, 0.2) is 0 Å². The third-order valence-electron chi connectivity index (χ3n) is 5.20. The summed E-state index contributed by atoms with van der Waals surface area (Å²) in [6.45, 7) is 15.4. The van der Waals surface area contributed by atoms with Crippen LogP contribution in [0.2, 0.25) is 0 Å². The fourth-order valence-corrected chi connectivity index (χ4v) is 3.61. The molecular weight excluding hydrogens is 352 g/mol. The van der Waals surface area contributed by atoms with E-state index in [1.807, 2.05) is 24.8 Å². The number of hydrogen-bond acceptors (Lipinski definition) is 2. The number of nitrogens with zero attached hydrogens (tertiary/aromatic N) is 2. The summed E-state index contributed by atoms with van der Waals surface area (Å²) in [5, 5.41) is 5.10. The molecule has 2 heterocycles. The zero-order valence-electron chi connectivity index (χ0n) is 18.7. The van der Waals surface area contributed by atoms with Gasteiger partial charge in [-0.3, -0.25) is 9.97 Å². The van der Waals surface area contributed by atoms with Gasteiger partial charge < -0.3 is 0 Å². The Labute approximate surface area is 175 Å². The highest BCUT2D eigenvalue weighted by molar-refractivity contribution is 5.86. The van der Waals surface area contributed by atoms with Crippen molar-refractivity contribution < 1.29 is 0 Å². The molecule has 2 aromatic carbocycles. The Bertz CT molecular complexity index is 1120. The summed E-state index contributed by atoms with van der Waals surface area (Å²) < 4.78 is 0. The van der Waals surface area contributed by atoms with Crippen molar-refractivity contribution >= 4 is 21.5 Å². The topological polar surface area (TPSA) is 25.8 Å². The molecule has 29 heavy (non-hydrogen) atoms. The summed E-state index contributed by atoms with van der Waals surface area (Å²) in [5.41, 5.74) is 4.24. The van der Waals surface area contributed by atoms with Gasteiger partial charge in [-0.15, -0.1) is 0 Å². The first-order chi connectivity index (χ1) is 13.6. The van der Waals surface area contributed by atoms with E-state index in [0.29, 0.717) is 0 Å². The third-order valence-corrected chi connectivity index (χ3v) is 5.20. The van der Waals surface area contributed by atoms with Crippen LogP contribution in [0.1, 0.15) is 58.2 Å². The molecule has 0 aliphatic heterocycles. The minimum Gasteiger partial charge on any atom is -0.264 e. The van der Waals surface area contributed by atoms with Crippen LogP contribution < -0.4 is 0 Å². The molecule has 0 spiro atoms. The number of hydrogen-bond donors (Lipinski definition) is 0. The van der Waals surface area contributed by atoms with Crippen LogP contribution in [0.5, 0.6) is 0 Å². The predicted molar refractivity (Wildman–Crippen MR) is 126 cm³/mol. The summed E-state index contributed by atoms with van der Waals surface area (Å²) in [6.07, 6.45) is 7.82. The lowest BCUT2D eigenvalue weighted by Crippen LogP contribution is -2.12. The lowest BCUT2D eigenvalue weighted by atomic mass is 9.85. The first-order valence-electron chi connectivity index (χ1n) is 10.3. The Balaban J connectivity index is 0.000000166.